The van der Waals surface area contributed by atoms with Gasteiger partial charge >= 0.3 is 6.18 Å². The van der Waals surface area contributed by atoms with Gasteiger partial charge in [0.1, 0.15) is 0 Å². The fraction of sp³-hybridized carbons (Fsp3) is 0.353. The molecule has 0 atom stereocenters. The molecule has 0 aliphatic carbocycles. The Labute approximate surface area is 159 Å². The molecule has 28 heavy (non-hydrogen) atoms. The van der Waals surface area contributed by atoms with E-state index in [-0.39, 0.29) is 28.7 Å². The van der Waals surface area contributed by atoms with E-state index in [2.05, 4.69) is 15.0 Å². The zero-order chi connectivity index (χ0) is 20.9. The Kier molecular flexibility index (Phi) is 4.82. The normalized spacial score (nSPS) is 12.5. The van der Waals surface area contributed by atoms with E-state index in [0.717, 1.165) is 11.8 Å². The fourth-order valence-electron chi connectivity index (χ4n) is 2.71. The minimum absolute atomic E-state index is 0.000360. The Morgan fingerprint density at radius 3 is 2.18 bits per heavy atom. The van der Waals surface area contributed by atoms with Crippen LogP contribution in [0.4, 0.5) is 19.0 Å². The van der Waals surface area contributed by atoms with Crippen LogP contribution in [0.5, 0.6) is 0 Å². The number of hydrogen-bond acceptors (Lipinski definition) is 6. The minimum Gasteiger partial charge on any atom is -0.361 e. The zero-order valence-electron chi connectivity index (χ0n) is 15.6. The average Bonchev–Trinajstić information content (AvgIpc) is 2.94. The second-order valence-corrected chi connectivity index (χ2v) is 8.58. The number of benzene rings is 1. The summed E-state index contributed by atoms with van der Waals surface area (Å²) in [5.74, 6) is -1.46. The van der Waals surface area contributed by atoms with Crippen LogP contribution >= 0.6 is 0 Å². The predicted octanol–water partition coefficient (Wildman–Crippen LogP) is 2.67. The SMILES string of the molecule is Cc1ccc(Cn2c(S(C)(=O)=O)nc3c(N(C)C)nc(C(F)(F)F)nc32)cc1. The predicted molar refractivity (Wildman–Crippen MR) is 98.0 cm³/mol. The molecular formula is C17H18F3N5O2S. The van der Waals surface area contributed by atoms with Gasteiger partial charge in [-0.15, -0.1) is 0 Å². The van der Waals surface area contributed by atoms with Crippen LogP contribution in [0.3, 0.4) is 0 Å². The maximum Gasteiger partial charge on any atom is 0.451 e. The number of rotatable bonds is 4. The van der Waals surface area contributed by atoms with E-state index in [0.29, 0.717) is 5.56 Å². The molecule has 11 heteroatoms. The van der Waals surface area contributed by atoms with E-state index >= 15 is 0 Å². The van der Waals surface area contributed by atoms with E-state index in [1.54, 1.807) is 12.1 Å². The summed E-state index contributed by atoms with van der Waals surface area (Å²) in [4.78, 5) is 12.6. The first-order chi connectivity index (χ1) is 12.9. The first kappa shape index (κ1) is 20.1. The van der Waals surface area contributed by atoms with E-state index in [9.17, 15) is 21.6 Å². The van der Waals surface area contributed by atoms with Crippen molar-refractivity contribution in [2.24, 2.45) is 0 Å². The molecule has 2 aromatic heterocycles. The van der Waals surface area contributed by atoms with E-state index < -0.39 is 21.8 Å². The number of anilines is 1. The number of nitrogens with zero attached hydrogens (tertiary/aromatic N) is 5. The molecule has 150 valence electrons. The third-order valence-corrected chi connectivity index (χ3v) is 4.99. The van der Waals surface area contributed by atoms with Crippen LogP contribution in [0.1, 0.15) is 17.0 Å². The Morgan fingerprint density at radius 2 is 1.68 bits per heavy atom. The van der Waals surface area contributed by atoms with Gasteiger partial charge in [-0.25, -0.2) is 23.4 Å². The molecule has 0 aliphatic rings. The van der Waals surface area contributed by atoms with Crippen LogP contribution in [0.15, 0.2) is 29.4 Å². The van der Waals surface area contributed by atoms with Crippen molar-refractivity contribution in [1.82, 2.24) is 19.5 Å². The van der Waals surface area contributed by atoms with E-state index in [4.69, 9.17) is 0 Å². The third kappa shape index (κ3) is 3.79. The van der Waals surface area contributed by atoms with E-state index in [1.165, 1.54) is 23.6 Å². The Bertz CT molecular complexity index is 1140. The van der Waals surface area contributed by atoms with Gasteiger partial charge in [-0.1, -0.05) is 29.8 Å². The molecule has 0 saturated heterocycles. The molecule has 0 fully saturated rings. The van der Waals surface area contributed by atoms with Gasteiger partial charge in [0.05, 0.1) is 6.54 Å². The highest BCUT2D eigenvalue weighted by molar-refractivity contribution is 7.90. The summed E-state index contributed by atoms with van der Waals surface area (Å²) in [6, 6.07) is 7.20. The van der Waals surface area contributed by atoms with Crippen LogP contribution in [0, 0.1) is 6.92 Å². The molecule has 0 radical (unpaired) electrons. The number of alkyl halides is 3. The van der Waals surface area contributed by atoms with Crippen molar-refractivity contribution < 1.29 is 21.6 Å². The lowest BCUT2D eigenvalue weighted by Crippen LogP contribution is -2.18. The summed E-state index contributed by atoms with van der Waals surface area (Å²) in [7, 11) is -0.828. The lowest BCUT2D eigenvalue weighted by atomic mass is 10.1. The second kappa shape index (κ2) is 6.73. The van der Waals surface area contributed by atoms with Crippen LogP contribution in [-0.2, 0) is 22.6 Å². The van der Waals surface area contributed by atoms with Gasteiger partial charge in [0, 0.05) is 20.4 Å². The van der Waals surface area contributed by atoms with Crippen LogP contribution in [0.25, 0.3) is 11.2 Å². The molecule has 0 spiro atoms. The summed E-state index contributed by atoms with van der Waals surface area (Å²) >= 11 is 0. The lowest BCUT2D eigenvalue weighted by molar-refractivity contribution is -0.144. The minimum atomic E-state index is -4.79. The van der Waals surface area contributed by atoms with Gasteiger partial charge in [-0.3, -0.25) is 4.57 Å². The van der Waals surface area contributed by atoms with Crippen molar-refractivity contribution in [3.63, 3.8) is 0 Å². The first-order valence-electron chi connectivity index (χ1n) is 8.16. The standard InChI is InChI=1S/C17H18F3N5O2S/c1-10-5-7-11(8-6-10)9-25-14-12(21-16(25)28(4,26)27)13(24(2)3)22-15(23-14)17(18,19)20/h5-8H,9H2,1-4H3. The molecular weight excluding hydrogens is 395 g/mol. The quantitative estimate of drug-likeness (QED) is 0.654. The second-order valence-electron chi connectivity index (χ2n) is 6.67. The van der Waals surface area contributed by atoms with Crippen LogP contribution < -0.4 is 4.90 Å². The first-order valence-corrected chi connectivity index (χ1v) is 10.1. The van der Waals surface area contributed by atoms with Crippen molar-refractivity contribution in [2.75, 3.05) is 25.3 Å². The van der Waals surface area contributed by atoms with Gasteiger partial charge in [0.25, 0.3) is 0 Å². The number of imidazole rings is 1. The maximum atomic E-state index is 13.3. The van der Waals surface area contributed by atoms with Crippen molar-refractivity contribution in [3.8, 4) is 0 Å². The molecule has 0 unspecified atom stereocenters. The number of aromatic nitrogens is 4. The fourth-order valence-corrected chi connectivity index (χ4v) is 3.51. The molecule has 2 heterocycles. The van der Waals surface area contributed by atoms with Gasteiger partial charge in [-0.2, -0.15) is 13.2 Å². The smallest absolute Gasteiger partial charge is 0.361 e. The molecule has 0 saturated carbocycles. The molecule has 7 nitrogen and oxygen atoms in total. The molecule has 0 bridgehead atoms. The van der Waals surface area contributed by atoms with Gasteiger partial charge in [-0.05, 0) is 12.5 Å². The number of sulfone groups is 1. The van der Waals surface area contributed by atoms with Gasteiger partial charge < -0.3 is 4.90 Å². The summed E-state index contributed by atoms with van der Waals surface area (Å²) < 4.78 is 65.6. The van der Waals surface area contributed by atoms with Crippen molar-refractivity contribution in [1.29, 1.82) is 0 Å². The highest BCUT2D eigenvalue weighted by Crippen LogP contribution is 2.32. The highest BCUT2D eigenvalue weighted by atomic mass is 32.2. The van der Waals surface area contributed by atoms with Crippen LogP contribution in [-0.4, -0.2) is 48.3 Å². The molecule has 3 rings (SSSR count). The molecule has 3 aromatic rings. The Hall–Kier alpha value is -2.69. The van der Waals surface area contributed by atoms with Gasteiger partial charge in [0.15, 0.2) is 17.0 Å². The van der Waals surface area contributed by atoms with Crippen molar-refractivity contribution in [3.05, 3.63) is 41.2 Å². The number of hydrogen-bond donors (Lipinski definition) is 0. The van der Waals surface area contributed by atoms with Crippen molar-refractivity contribution in [2.45, 2.75) is 24.8 Å². The zero-order valence-corrected chi connectivity index (χ0v) is 16.4. The highest BCUT2D eigenvalue weighted by Gasteiger charge is 2.37. The van der Waals surface area contributed by atoms with Gasteiger partial charge in [0.2, 0.25) is 20.8 Å². The average molecular weight is 413 g/mol. The maximum absolute atomic E-state index is 13.3. The Balaban J connectivity index is 2.35. The lowest BCUT2D eigenvalue weighted by Gasteiger charge is -2.14. The van der Waals surface area contributed by atoms with Crippen molar-refractivity contribution >= 4 is 26.8 Å². The molecule has 0 aliphatic heterocycles. The largest absolute Gasteiger partial charge is 0.451 e. The Morgan fingerprint density at radius 1 is 1.07 bits per heavy atom. The third-order valence-electron chi connectivity index (χ3n) is 4.01. The van der Waals surface area contributed by atoms with E-state index in [1.807, 2.05) is 19.1 Å². The molecule has 1 aromatic carbocycles. The summed E-state index contributed by atoms with van der Waals surface area (Å²) in [5, 5.41) is -0.361. The summed E-state index contributed by atoms with van der Waals surface area (Å²) in [6.45, 7) is 1.89. The summed E-state index contributed by atoms with van der Waals surface area (Å²) in [5.41, 5.74) is 1.50. The molecule has 0 amide bonds. The number of fused-ring (bicyclic) bond motifs is 1. The van der Waals surface area contributed by atoms with Crippen LogP contribution in [0.2, 0.25) is 0 Å². The topological polar surface area (TPSA) is 81.0 Å². The molecule has 0 N–H and O–H groups in total. The number of aryl methyl sites for hydroxylation is 1. The number of halogens is 3. The summed E-state index contributed by atoms with van der Waals surface area (Å²) in [6.07, 6.45) is -3.84. The monoisotopic (exact) mass is 413 g/mol.